The first-order valence-electron chi connectivity index (χ1n) is 6.58. The lowest BCUT2D eigenvalue weighted by molar-refractivity contribution is 0.299. The third kappa shape index (κ3) is 4.07. The molecule has 0 amide bonds. The van der Waals surface area contributed by atoms with Crippen LogP contribution in [-0.4, -0.2) is 12.3 Å². The third-order valence-electron chi connectivity index (χ3n) is 3.58. The molecule has 1 aliphatic carbocycles. The molecule has 0 radical (unpaired) electrons. The average Bonchev–Trinajstić information content (AvgIpc) is 2.77. The predicted molar refractivity (Wildman–Crippen MR) is 74.2 cm³/mol. The maximum absolute atomic E-state index is 5.75. The van der Waals surface area contributed by atoms with Gasteiger partial charge in [0, 0.05) is 6.04 Å². The molecule has 2 nitrogen and oxygen atoms in total. The van der Waals surface area contributed by atoms with Crippen LogP contribution in [0, 0.1) is 5.92 Å². The molecule has 1 aromatic heterocycles. The van der Waals surface area contributed by atoms with E-state index >= 15 is 0 Å². The van der Waals surface area contributed by atoms with Gasteiger partial charge in [0.05, 0.1) is 12.3 Å². The topological polar surface area (TPSA) is 25.2 Å². The van der Waals surface area contributed by atoms with E-state index in [0.717, 1.165) is 29.7 Å². The van der Waals surface area contributed by atoms with Crippen LogP contribution >= 0.6 is 11.8 Å². The van der Waals surface area contributed by atoms with E-state index in [1.807, 2.05) is 0 Å². The van der Waals surface area contributed by atoms with E-state index in [0.29, 0.717) is 6.04 Å². The van der Waals surface area contributed by atoms with Crippen molar-refractivity contribution in [1.82, 2.24) is 5.32 Å². The molecular formula is C14H23NOS. The van der Waals surface area contributed by atoms with Crippen LogP contribution in [-0.2, 0) is 12.3 Å². The van der Waals surface area contributed by atoms with Crippen LogP contribution in [0.3, 0.4) is 0 Å². The maximum atomic E-state index is 5.75. The Morgan fingerprint density at radius 1 is 1.24 bits per heavy atom. The molecule has 1 aromatic rings. The summed E-state index contributed by atoms with van der Waals surface area (Å²) in [5.41, 5.74) is 0. The SMILES string of the molecule is CSCc1ccc(CNC2CCC(C)CC2)o1. The first kappa shape index (κ1) is 13.0. The van der Waals surface area contributed by atoms with Crippen LogP contribution in [0.2, 0.25) is 0 Å². The van der Waals surface area contributed by atoms with Gasteiger partial charge in [-0.15, -0.1) is 0 Å². The fourth-order valence-electron chi connectivity index (χ4n) is 2.45. The molecule has 1 heterocycles. The molecule has 1 fully saturated rings. The summed E-state index contributed by atoms with van der Waals surface area (Å²) in [7, 11) is 0. The summed E-state index contributed by atoms with van der Waals surface area (Å²) in [5.74, 6) is 4.06. The number of furan rings is 1. The molecular weight excluding hydrogens is 230 g/mol. The number of hydrogen-bond acceptors (Lipinski definition) is 3. The van der Waals surface area contributed by atoms with E-state index < -0.39 is 0 Å². The number of nitrogens with one attached hydrogen (secondary N) is 1. The van der Waals surface area contributed by atoms with E-state index in [2.05, 4.69) is 30.6 Å². The molecule has 0 atom stereocenters. The van der Waals surface area contributed by atoms with E-state index in [1.165, 1.54) is 25.7 Å². The van der Waals surface area contributed by atoms with Gasteiger partial charge >= 0.3 is 0 Å². The van der Waals surface area contributed by atoms with Crippen LogP contribution < -0.4 is 5.32 Å². The van der Waals surface area contributed by atoms with Gasteiger partial charge in [0.1, 0.15) is 11.5 Å². The molecule has 0 aromatic carbocycles. The second-order valence-corrected chi connectivity index (χ2v) is 6.00. The monoisotopic (exact) mass is 253 g/mol. The van der Waals surface area contributed by atoms with E-state index in [-0.39, 0.29) is 0 Å². The second kappa shape index (κ2) is 6.50. The van der Waals surface area contributed by atoms with Crippen molar-refractivity contribution in [3.05, 3.63) is 23.7 Å². The maximum Gasteiger partial charge on any atom is 0.118 e. The fourth-order valence-corrected chi connectivity index (χ4v) is 2.89. The Kier molecular flexibility index (Phi) is 4.99. The highest BCUT2D eigenvalue weighted by atomic mass is 32.2. The zero-order chi connectivity index (χ0) is 12.1. The quantitative estimate of drug-likeness (QED) is 0.864. The van der Waals surface area contributed by atoms with Crippen LogP contribution in [0.5, 0.6) is 0 Å². The molecule has 2 rings (SSSR count). The molecule has 3 heteroatoms. The Morgan fingerprint density at radius 2 is 1.94 bits per heavy atom. The van der Waals surface area contributed by atoms with Gasteiger partial charge in [-0.05, 0) is 50.0 Å². The van der Waals surface area contributed by atoms with Gasteiger partial charge in [-0.1, -0.05) is 6.92 Å². The zero-order valence-electron chi connectivity index (χ0n) is 10.9. The normalized spacial score (nSPS) is 25.1. The van der Waals surface area contributed by atoms with Crippen LogP contribution in [0.4, 0.5) is 0 Å². The summed E-state index contributed by atoms with van der Waals surface area (Å²) in [5, 5.41) is 3.61. The molecule has 1 N–H and O–H groups in total. The highest BCUT2D eigenvalue weighted by molar-refractivity contribution is 7.97. The standard InChI is InChI=1S/C14H23NOS/c1-11-3-5-12(6-4-11)15-9-13-7-8-14(16-13)10-17-2/h7-8,11-12,15H,3-6,9-10H2,1-2H3. The number of rotatable bonds is 5. The summed E-state index contributed by atoms with van der Waals surface area (Å²) in [6.45, 7) is 3.24. The lowest BCUT2D eigenvalue weighted by Gasteiger charge is -2.26. The minimum absolute atomic E-state index is 0.695. The summed E-state index contributed by atoms with van der Waals surface area (Å²) >= 11 is 1.80. The summed E-state index contributed by atoms with van der Waals surface area (Å²) in [4.78, 5) is 0. The largest absolute Gasteiger partial charge is 0.464 e. The number of hydrogen-bond donors (Lipinski definition) is 1. The molecule has 0 saturated heterocycles. The van der Waals surface area contributed by atoms with Gasteiger partial charge in [-0.2, -0.15) is 11.8 Å². The first-order valence-corrected chi connectivity index (χ1v) is 7.97. The third-order valence-corrected chi connectivity index (χ3v) is 4.16. The lowest BCUT2D eigenvalue weighted by atomic mass is 9.87. The summed E-state index contributed by atoms with van der Waals surface area (Å²) in [6.07, 6.45) is 7.48. The van der Waals surface area contributed by atoms with Gasteiger partial charge in [0.15, 0.2) is 0 Å². The molecule has 0 unspecified atom stereocenters. The Labute approximate surface area is 109 Å². The highest BCUT2D eigenvalue weighted by Crippen LogP contribution is 2.23. The Balaban J connectivity index is 1.73. The van der Waals surface area contributed by atoms with Gasteiger partial charge in [-0.3, -0.25) is 0 Å². The minimum Gasteiger partial charge on any atom is -0.464 e. The van der Waals surface area contributed by atoms with Crippen molar-refractivity contribution in [2.45, 2.75) is 50.9 Å². The van der Waals surface area contributed by atoms with Gasteiger partial charge in [0.2, 0.25) is 0 Å². The zero-order valence-corrected chi connectivity index (χ0v) is 11.7. The average molecular weight is 253 g/mol. The predicted octanol–water partition coefficient (Wildman–Crippen LogP) is 3.81. The van der Waals surface area contributed by atoms with Crippen molar-refractivity contribution >= 4 is 11.8 Å². The first-order chi connectivity index (χ1) is 8.28. The van der Waals surface area contributed by atoms with Gasteiger partial charge in [0.25, 0.3) is 0 Å². The van der Waals surface area contributed by atoms with Crippen molar-refractivity contribution in [2.75, 3.05) is 6.26 Å². The number of thioether (sulfide) groups is 1. The van der Waals surface area contributed by atoms with Crippen molar-refractivity contribution in [3.63, 3.8) is 0 Å². The smallest absolute Gasteiger partial charge is 0.118 e. The van der Waals surface area contributed by atoms with E-state index in [9.17, 15) is 0 Å². The van der Waals surface area contributed by atoms with Gasteiger partial charge in [-0.25, -0.2) is 0 Å². The summed E-state index contributed by atoms with van der Waals surface area (Å²) in [6, 6.07) is 4.89. The van der Waals surface area contributed by atoms with Crippen molar-refractivity contribution < 1.29 is 4.42 Å². The molecule has 1 aliphatic rings. The van der Waals surface area contributed by atoms with Crippen LogP contribution in [0.1, 0.15) is 44.1 Å². The Bertz CT molecular complexity index is 329. The lowest BCUT2D eigenvalue weighted by Crippen LogP contribution is -2.32. The molecule has 17 heavy (non-hydrogen) atoms. The van der Waals surface area contributed by atoms with Crippen LogP contribution in [0.25, 0.3) is 0 Å². The van der Waals surface area contributed by atoms with Gasteiger partial charge < -0.3 is 9.73 Å². The Hall–Kier alpha value is -0.410. The molecule has 0 spiro atoms. The van der Waals surface area contributed by atoms with Crippen molar-refractivity contribution in [3.8, 4) is 0 Å². The minimum atomic E-state index is 0.695. The summed E-state index contributed by atoms with van der Waals surface area (Å²) < 4.78 is 5.75. The molecule has 0 bridgehead atoms. The van der Waals surface area contributed by atoms with Crippen molar-refractivity contribution in [1.29, 1.82) is 0 Å². The van der Waals surface area contributed by atoms with Crippen LogP contribution in [0.15, 0.2) is 16.5 Å². The second-order valence-electron chi connectivity index (χ2n) is 5.14. The molecule has 0 aliphatic heterocycles. The highest BCUT2D eigenvalue weighted by Gasteiger charge is 2.17. The molecule has 96 valence electrons. The van der Waals surface area contributed by atoms with E-state index in [4.69, 9.17) is 4.42 Å². The van der Waals surface area contributed by atoms with Crippen molar-refractivity contribution in [2.24, 2.45) is 5.92 Å². The fraction of sp³-hybridized carbons (Fsp3) is 0.714. The molecule has 1 saturated carbocycles. The van der Waals surface area contributed by atoms with E-state index in [1.54, 1.807) is 11.8 Å². The Morgan fingerprint density at radius 3 is 2.65 bits per heavy atom.